The van der Waals surface area contributed by atoms with Gasteiger partial charge in [-0.3, -0.25) is 10.1 Å². The van der Waals surface area contributed by atoms with Crippen molar-refractivity contribution in [1.82, 2.24) is 15.4 Å². The minimum atomic E-state index is -4.66. The molecular formula is C22H24F4N4O2S2. The van der Waals surface area contributed by atoms with Crippen molar-refractivity contribution in [2.45, 2.75) is 37.5 Å². The molecule has 3 rings (SSSR count). The van der Waals surface area contributed by atoms with Crippen molar-refractivity contribution in [3.05, 3.63) is 71.5 Å². The van der Waals surface area contributed by atoms with E-state index in [1.807, 2.05) is 0 Å². The minimum Gasteiger partial charge on any atom is -0.352 e. The lowest BCUT2D eigenvalue weighted by Gasteiger charge is -2.34. The molecule has 0 aromatic heterocycles. The average molecular weight is 517 g/mol. The monoisotopic (exact) mass is 516 g/mol. The average Bonchev–Trinajstić information content (AvgIpc) is 2.95. The van der Waals surface area contributed by atoms with E-state index in [4.69, 9.17) is 12.2 Å². The van der Waals surface area contributed by atoms with Gasteiger partial charge in [-0.1, -0.05) is 36.4 Å². The van der Waals surface area contributed by atoms with Crippen LogP contribution in [-0.2, 0) is 15.5 Å². The molecule has 1 aliphatic rings. The SMILES string of the molecule is C[C@@](CS1(=O)=N[C@H](C(F)(F)F)CCCN1)(NC(=S)NC(=O)c1ccccc1)c1ccccc1F. The first-order valence-corrected chi connectivity index (χ1v) is 12.5. The highest BCUT2D eigenvalue weighted by atomic mass is 32.2. The van der Waals surface area contributed by atoms with Gasteiger partial charge in [-0.15, -0.1) is 0 Å². The first-order valence-electron chi connectivity index (χ1n) is 10.4. The van der Waals surface area contributed by atoms with Crippen molar-refractivity contribution in [3.63, 3.8) is 0 Å². The van der Waals surface area contributed by atoms with E-state index in [1.165, 1.54) is 31.2 Å². The molecule has 184 valence electrons. The smallest absolute Gasteiger partial charge is 0.352 e. The highest BCUT2D eigenvalue weighted by Gasteiger charge is 2.43. The molecule has 0 radical (unpaired) electrons. The lowest BCUT2D eigenvalue weighted by molar-refractivity contribution is -0.147. The van der Waals surface area contributed by atoms with Gasteiger partial charge in [0.25, 0.3) is 5.91 Å². The number of hydrogen-bond donors (Lipinski definition) is 3. The summed E-state index contributed by atoms with van der Waals surface area (Å²) in [6, 6.07) is 11.6. The molecule has 0 saturated carbocycles. The van der Waals surface area contributed by atoms with E-state index in [1.54, 1.807) is 30.3 Å². The summed E-state index contributed by atoms with van der Waals surface area (Å²) in [7, 11) is -3.65. The van der Waals surface area contributed by atoms with E-state index in [0.29, 0.717) is 5.56 Å². The molecular weight excluding hydrogens is 492 g/mol. The van der Waals surface area contributed by atoms with Gasteiger partial charge in [0.15, 0.2) is 11.2 Å². The van der Waals surface area contributed by atoms with Gasteiger partial charge in [0, 0.05) is 17.7 Å². The first-order chi connectivity index (χ1) is 15.9. The summed E-state index contributed by atoms with van der Waals surface area (Å²) in [5, 5.41) is 5.06. The summed E-state index contributed by atoms with van der Waals surface area (Å²) in [6.07, 6.45) is -4.83. The number of carbonyl (C=O) groups excluding carboxylic acids is 1. The number of carbonyl (C=O) groups is 1. The summed E-state index contributed by atoms with van der Waals surface area (Å²) < 4.78 is 74.8. The predicted octanol–water partition coefficient (Wildman–Crippen LogP) is 4.04. The van der Waals surface area contributed by atoms with Crippen LogP contribution in [0.3, 0.4) is 0 Å². The van der Waals surface area contributed by atoms with Crippen LogP contribution in [-0.4, -0.2) is 39.7 Å². The molecule has 2 aromatic carbocycles. The van der Waals surface area contributed by atoms with E-state index in [0.717, 1.165) is 0 Å². The molecule has 1 heterocycles. The molecule has 0 bridgehead atoms. The van der Waals surface area contributed by atoms with Gasteiger partial charge in [-0.2, -0.15) is 13.2 Å². The third-order valence-corrected chi connectivity index (χ3v) is 7.69. The van der Waals surface area contributed by atoms with Crippen molar-refractivity contribution in [2.24, 2.45) is 4.36 Å². The second-order valence-corrected chi connectivity index (χ2v) is 10.5. The van der Waals surface area contributed by atoms with Crippen LogP contribution < -0.4 is 15.4 Å². The van der Waals surface area contributed by atoms with E-state index >= 15 is 0 Å². The normalized spacial score (nSPS) is 22.6. The summed E-state index contributed by atoms with van der Waals surface area (Å²) in [5.74, 6) is -1.75. The van der Waals surface area contributed by atoms with Gasteiger partial charge >= 0.3 is 6.18 Å². The molecule has 0 saturated heterocycles. The number of alkyl halides is 3. The number of rotatable bonds is 5. The topological polar surface area (TPSA) is 82.6 Å². The number of thiocarbonyl (C=S) groups is 1. The molecule has 3 N–H and O–H groups in total. The fourth-order valence-corrected chi connectivity index (χ4v) is 6.34. The van der Waals surface area contributed by atoms with Crippen molar-refractivity contribution >= 4 is 33.2 Å². The third-order valence-electron chi connectivity index (χ3n) is 5.26. The maximum Gasteiger partial charge on any atom is 0.411 e. The van der Waals surface area contributed by atoms with Gasteiger partial charge in [0.2, 0.25) is 0 Å². The Hall–Kier alpha value is -2.57. The Morgan fingerprint density at radius 3 is 2.47 bits per heavy atom. The van der Waals surface area contributed by atoms with Crippen LogP contribution in [0.15, 0.2) is 59.0 Å². The lowest BCUT2D eigenvalue weighted by atomic mass is 9.93. The minimum absolute atomic E-state index is 0.0128. The molecule has 12 heteroatoms. The number of nitrogens with one attached hydrogen (secondary N) is 3. The largest absolute Gasteiger partial charge is 0.411 e. The molecule has 3 atom stereocenters. The molecule has 1 amide bonds. The highest BCUT2D eigenvalue weighted by molar-refractivity contribution is 7.91. The van der Waals surface area contributed by atoms with Crippen LogP contribution in [0.25, 0.3) is 0 Å². The van der Waals surface area contributed by atoms with Gasteiger partial charge in [0.1, 0.15) is 15.7 Å². The van der Waals surface area contributed by atoms with E-state index < -0.39 is 45.1 Å². The molecule has 0 aliphatic carbocycles. The quantitative estimate of drug-likeness (QED) is 0.414. The van der Waals surface area contributed by atoms with Crippen LogP contribution in [0, 0.1) is 5.82 Å². The second kappa shape index (κ2) is 10.4. The van der Waals surface area contributed by atoms with Gasteiger partial charge < -0.3 is 5.32 Å². The maximum atomic E-state index is 14.8. The summed E-state index contributed by atoms with van der Waals surface area (Å²) in [4.78, 5) is 12.5. The number of amides is 1. The van der Waals surface area contributed by atoms with E-state index in [2.05, 4.69) is 19.7 Å². The molecule has 0 fully saturated rings. The van der Waals surface area contributed by atoms with E-state index in [9.17, 15) is 26.6 Å². The van der Waals surface area contributed by atoms with Crippen molar-refractivity contribution in [3.8, 4) is 0 Å². The van der Waals surface area contributed by atoms with E-state index in [-0.39, 0.29) is 30.1 Å². The summed E-state index contributed by atoms with van der Waals surface area (Å²) in [5.41, 5.74) is -1.24. The van der Waals surface area contributed by atoms with Crippen molar-refractivity contribution < 1.29 is 26.6 Å². The number of benzene rings is 2. The summed E-state index contributed by atoms with van der Waals surface area (Å²) >= 11 is 5.25. The van der Waals surface area contributed by atoms with Crippen LogP contribution in [0.5, 0.6) is 0 Å². The predicted molar refractivity (Wildman–Crippen MR) is 126 cm³/mol. The summed E-state index contributed by atoms with van der Waals surface area (Å²) in [6.45, 7) is 1.50. The van der Waals surface area contributed by atoms with Gasteiger partial charge in [-0.05, 0) is 50.2 Å². The second-order valence-electron chi connectivity index (χ2n) is 8.07. The molecule has 1 unspecified atom stereocenters. The fraction of sp³-hybridized carbons (Fsp3) is 0.364. The highest BCUT2D eigenvalue weighted by Crippen LogP contribution is 2.31. The number of nitrogens with zero attached hydrogens (tertiary/aromatic N) is 1. The number of hydrogen-bond acceptors (Lipinski definition) is 4. The van der Waals surface area contributed by atoms with Crippen molar-refractivity contribution in [1.29, 1.82) is 0 Å². The third kappa shape index (κ3) is 6.51. The molecule has 2 aromatic rings. The first kappa shape index (κ1) is 26.0. The Labute approximate surface area is 200 Å². The Morgan fingerprint density at radius 1 is 1.18 bits per heavy atom. The van der Waals surface area contributed by atoms with Gasteiger partial charge in [-0.25, -0.2) is 17.7 Å². The van der Waals surface area contributed by atoms with Crippen LogP contribution in [0.1, 0.15) is 35.7 Å². The van der Waals surface area contributed by atoms with Crippen LogP contribution in [0.4, 0.5) is 17.6 Å². The Balaban J connectivity index is 1.94. The zero-order chi connectivity index (χ0) is 25.0. The molecule has 6 nitrogen and oxygen atoms in total. The maximum absolute atomic E-state index is 14.8. The standard InChI is InChI=1S/C22H24F4N4O2S2/c1-21(16-10-5-6-11-17(16)23,29-20(33)28-19(31)15-8-3-2-4-9-15)14-34(32)27-13-7-12-18(30-34)22(24,25)26/h2-6,8-11,18H,7,12-14H2,1H3,(H,27,30,32)(H2,28,29,31,33)/t18-,21-,34?/m0/s1. The van der Waals surface area contributed by atoms with Crippen LogP contribution >= 0.6 is 12.2 Å². The molecule has 0 spiro atoms. The fourth-order valence-electron chi connectivity index (χ4n) is 3.66. The Bertz CT molecular complexity index is 1170. The molecule has 34 heavy (non-hydrogen) atoms. The Morgan fingerprint density at radius 2 is 1.82 bits per heavy atom. The zero-order valence-corrected chi connectivity index (χ0v) is 19.8. The van der Waals surface area contributed by atoms with Crippen LogP contribution in [0.2, 0.25) is 0 Å². The Kier molecular flexibility index (Phi) is 7.94. The molecule has 1 aliphatic heterocycles. The zero-order valence-electron chi connectivity index (χ0n) is 18.2. The lowest BCUT2D eigenvalue weighted by Crippen LogP contribution is -2.54. The number of halogens is 4. The van der Waals surface area contributed by atoms with Gasteiger partial charge in [0.05, 0.1) is 11.3 Å². The van der Waals surface area contributed by atoms with Crippen molar-refractivity contribution in [2.75, 3.05) is 12.3 Å².